The number of fused-ring (bicyclic) bond motifs is 3. The second-order valence-electron chi connectivity index (χ2n) is 5.69. The van der Waals surface area contributed by atoms with Crippen LogP contribution in [0.4, 0.5) is 0 Å². The van der Waals surface area contributed by atoms with Crippen LogP contribution in [0.25, 0.3) is 11.1 Å². The Hall–Kier alpha value is -2.13. The Labute approximate surface area is 118 Å². The van der Waals surface area contributed by atoms with Crippen molar-refractivity contribution in [3.63, 3.8) is 0 Å². The first-order valence-electron chi connectivity index (χ1n) is 6.70. The lowest BCUT2D eigenvalue weighted by atomic mass is 9.87. The SMILES string of the molecule is CC(N)(CC(=O)O)c1ccc2c(c1)Cc1ccccc1-2. The zero-order valence-corrected chi connectivity index (χ0v) is 11.4. The summed E-state index contributed by atoms with van der Waals surface area (Å²) in [6, 6.07) is 14.4. The molecule has 1 aliphatic carbocycles. The first-order chi connectivity index (χ1) is 9.47. The maximum absolute atomic E-state index is 10.9. The number of carboxylic acid groups (broad SMARTS) is 1. The van der Waals surface area contributed by atoms with Gasteiger partial charge < -0.3 is 10.8 Å². The minimum Gasteiger partial charge on any atom is -0.481 e. The molecular weight excluding hydrogens is 250 g/mol. The van der Waals surface area contributed by atoms with Crippen molar-refractivity contribution < 1.29 is 9.90 Å². The number of benzene rings is 2. The van der Waals surface area contributed by atoms with E-state index in [9.17, 15) is 4.79 Å². The first kappa shape index (κ1) is 12.9. The Morgan fingerprint density at radius 2 is 1.90 bits per heavy atom. The molecule has 1 unspecified atom stereocenters. The molecule has 2 aromatic carbocycles. The molecule has 3 rings (SSSR count). The van der Waals surface area contributed by atoms with E-state index in [1.165, 1.54) is 22.3 Å². The normalized spacial score (nSPS) is 15.3. The van der Waals surface area contributed by atoms with Crippen molar-refractivity contribution in [3.8, 4) is 11.1 Å². The quantitative estimate of drug-likeness (QED) is 0.767. The minimum absolute atomic E-state index is 0.0707. The van der Waals surface area contributed by atoms with E-state index in [2.05, 4.69) is 24.3 Å². The van der Waals surface area contributed by atoms with E-state index in [4.69, 9.17) is 10.8 Å². The van der Waals surface area contributed by atoms with E-state index < -0.39 is 11.5 Å². The van der Waals surface area contributed by atoms with Gasteiger partial charge in [-0.05, 0) is 41.2 Å². The van der Waals surface area contributed by atoms with E-state index in [0.29, 0.717) is 0 Å². The molecule has 2 aromatic rings. The van der Waals surface area contributed by atoms with Crippen molar-refractivity contribution in [2.45, 2.75) is 25.3 Å². The summed E-state index contributed by atoms with van der Waals surface area (Å²) in [5.41, 5.74) is 11.2. The van der Waals surface area contributed by atoms with Crippen LogP contribution in [0.3, 0.4) is 0 Å². The largest absolute Gasteiger partial charge is 0.481 e. The van der Waals surface area contributed by atoms with E-state index in [1.807, 2.05) is 18.2 Å². The maximum Gasteiger partial charge on any atom is 0.305 e. The Bertz CT molecular complexity index is 689. The summed E-state index contributed by atoms with van der Waals surface area (Å²) in [7, 11) is 0. The highest BCUT2D eigenvalue weighted by atomic mass is 16.4. The monoisotopic (exact) mass is 267 g/mol. The van der Waals surface area contributed by atoms with Crippen molar-refractivity contribution in [1.29, 1.82) is 0 Å². The molecule has 0 aromatic heterocycles. The second-order valence-corrected chi connectivity index (χ2v) is 5.69. The predicted octanol–water partition coefficient (Wildman–Crippen LogP) is 2.91. The summed E-state index contributed by atoms with van der Waals surface area (Å²) in [4.78, 5) is 10.9. The van der Waals surface area contributed by atoms with Crippen LogP contribution in [-0.2, 0) is 16.8 Å². The van der Waals surface area contributed by atoms with Gasteiger partial charge in [0.25, 0.3) is 0 Å². The van der Waals surface area contributed by atoms with E-state index in [-0.39, 0.29) is 6.42 Å². The van der Waals surface area contributed by atoms with Gasteiger partial charge >= 0.3 is 5.97 Å². The van der Waals surface area contributed by atoms with Crippen LogP contribution < -0.4 is 5.73 Å². The Morgan fingerprint density at radius 3 is 2.65 bits per heavy atom. The maximum atomic E-state index is 10.9. The van der Waals surface area contributed by atoms with Gasteiger partial charge in [-0.3, -0.25) is 4.79 Å². The highest BCUT2D eigenvalue weighted by Gasteiger charge is 2.27. The van der Waals surface area contributed by atoms with E-state index in [1.54, 1.807) is 6.92 Å². The molecule has 0 saturated carbocycles. The number of carbonyl (C=O) groups is 1. The van der Waals surface area contributed by atoms with Crippen molar-refractivity contribution >= 4 is 5.97 Å². The van der Waals surface area contributed by atoms with Crippen LogP contribution in [0.5, 0.6) is 0 Å². The molecule has 102 valence electrons. The van der Waals surface area contributed by atoms with Gasteiger partial charge in [-0.25, -0.2) is 0 Å². The molecule has 0 radical (unpaired) electrons. The number of hydrogen-bond acceptors (Lipinski definition) is 2. The number of nitrogens with two attached hydrogens (primary N) is 1. The minimum atomic E-state index is -0.876. The molecule has 1 aliphatic rings. The molecule has 0 fully saturated rings. The van der Waals surface area contributed by atoms with Crippen molar-refractivity contribution in [1.82, 2.24) is 0 Å². The molecule has 0 spiro atoms. The molecule has 1 atom stereocenters. The standard InChI is InChI=1S/C17H17NO2/c1-17(18,10-16(19)20)13-6-7-15-12(9-13)8-11-4-2-3-5-14(11)15/h2-7,9H,8,10,18H2,1H3,(H,19,20). The summed E-state index contributed by atoms with van der Waals surface area (Å²) in [5.74, 6) is -0.876. The van der Waals surface area contributed by atoms with Crippen molar-refractivity contribution in [2.75, 3.05) is 0 Å². The van der Waals surface area contributed by atoms with Gasteiger partial charge in [0.05, 0.1) is 6.42 Å². The molecule has 3 N–H and O–H groups in total. The van der Waals surface area contributed by atoms with Gasteiger partial charge in [0.15, 0.2) is 0 Å². The lowest BCUT2D eigenvalue weighted by Gasteiger charge is -2.24. The molecule has 3 nitrogen and oxygen atoms in total. The molecular formula is C17H17NO2. The fraction of sp³-hybridized carbons (Fsp3) is 0.235. The van der Waals surface area contributed by atoms with Crippen molar-refractivity contribution in [3.05, 3.63) is 59.2 Å². The summed E-state index contributed by atoms with van der Waals surface area (Å²) < 4.78 is 0. The van der Waals surface area contributed by atoms with Gasteiger partial charge in [0.1, 0.15) is 0 Å². The lowest BCUT2D eigenvalue weighted by molar-refractivity contribution is -0.138. The third kappa shape index (κ3) is 2.10. The Morgan fingerprint density at radius 1 is 1.20 bits per heavy atom. The smallest absolute Gasteiger partial charge is 0.305 e. The average Bonchev–Trinajstić information content (AvgIpc) is 2.74. The predicted molar refractivity (Wildman–Crippen MR) is 78.5 cm³/mol. The summed E-state index contributed by atoms with van der Waals surface area (Å²) in [6.45, 7) is 1.77. The highest BCUT2D eigenvalue weighted by molar-refractivity contribution is 5.77. The van der Waals surface area contributed by atoms with Crippen LogP contribution in [-0.4, -0.2) is 11.1 Å². The topological polar surface area (TPSA) is 63.3 Å². The molecule has 20 heavy (non-hydrogen) atoms. The zero-order chi connectivity index (χ0) is 14.3. The highest BCUT2D eigenvalue weighted by Crippen LogP contribution is 2.38. The third-order valence-corrected chi connectivity index (χ3v) is 3.97. The van der Waals surface area contributed by atoms with E-state index >= 15 is 0 Å². The molecule has 0 amide bonds. The zero-order valence-electron chi connectivity index (χ0n) is 11.4. The third-order valence-electron chi connectivity index (χ3n) is 3.97. The number of hydrogen-bond donors (Lipinski definition) is 2. The number of aliphatic carboxylic acids is 1. The molecule has 3 heteroatoms. The molecule has 0 bridgehead atoms. The fourth-order valence-corrected chi connectivity index (χ4v) is 2.92. The van der Waals surface area contributed by atoms with Crippen molar-refractivity contribution in [2.24, 2.45) is 5.73 Å². The van der Waals surface area contributed by atoms with Crippen LogP contribution in [0, 0.1) is 0 Å². The number of rotatable bonds is 3. The molecule has 0 aliphatic heterocycles. The van der Waals surface area contributed by atoms with Gasteiger partial charge in [0, 0.05) is 5.54 Å². The fourth-order valence-electron chi connectivity index (χ4n) is 2.92. The average molecular weight is 267 g/mol. The van der Waals surface area contributed by atoms with Gasteiger partial charge in [0.2, 0.25) is 0 Å². The molecule has 0 heterocycles. The summed E-state index contributed by atoms with van der Waals surface area (Å²) in [6.07, 6.45) is 0.821. The molecule has 0 saturated heterocycles. The first-order valence-corrected chi connectivity index (χ1v) is 6.70. The van der Waals surface area contributed by atoms with Gasteiger partial charge in [-0.1, -0.05) is 42.5 Å². The Balaban J connectivity index is 2.01. The van der Waals surface area contributed by atoms with Gasteiger partial charge in [-0.15, -0.1) is 0 Å². The second kappa shape index (κ2) is 4.46. The Kier molecular flexibility index (Phi) is 2.87. The summed E-state index contributed by atoms with van der Waals surface area (Å²) in [5, 5.41) is 8.97. The van der Waals surface area contributed by atoms with Crippen LogP contribution >= 0.6 is 0 Å². The van der Waals surface area contributed by atoms with Gasteiger partial charge in [-0.2, -0.15) is 0 Å². The lowest BCUT2D eigenvalue weighted by Crippen LogP contribution is -2.35. The van der Waals surface area contributed by atoms with Crippen LogP contribution in [0.2, 0.25) is 0 Å². The van der Waals surface area contributed by atoms with Crippen LogP contribution in [0.1, 0.15) is 30.0 Å². The number of carboxylic acids is 1. The van der Waals surface area contributed by atoms with Crippen LogP contribution in [0.15, 0.2) is 42.5 Å². The summed E-state index contributed by atoms with van der Waals surface area (Å²) >= 11 is 0. The van der Waals surface area contributed by atoms with E-state index in [0.717, 1.165) is 12.0 Å².